The van der Waals surface area contributed by atoms with Gasteiger partial charge in [0.2, 0.25) is 11.8 Å². The van der Waals surface area contributed by atoms with E-state index >= 15 is 0 Å². The predicted molar refractivity (Wildman–Crippen MR) is 92.0 cm³/mol. The van der Waals surface area contributed by atoms with Crippen LogP contribution in [0.4, 0.5) is 8.78 Å². The maximum absolute atomic E-state index is 13.5. The zero-order chi connectivity index (χ0) is 18.3. The monoisotopic (exact) mass is 362 g/mol. The molecular formula is C20H24F2N2O2. The summed E-state index contributed by atoms with van der Waals surface area (Å²) in [7, 11) is 0. The summed E-state index contributed by atoms with van der Waals surface area (Å²) in [5.74, 6) is -0.994. The molecule has 1 aromatic rings. The van der Waals surface area contributed by atoms with Crippen molar-refractivity contribution in [2.24, 2.45) is 11.3 Å². The molecule has 1 unspecified atom stereocenters. The fourth-order valence-corrected chi connectivity index (χ4v) is 4.32. The normalized spacial score (nSPS) is 26.0. The number of piperidine rings is 1. The number of benzene rings is 1. The fraction of sp³-hybridized carbons (Fsp3) is 0.600. The summed E-state index contributed by atoms with van der Waals surface area (Å²) >= 11 is 0. The van der Waals surface area contributed by atoms with E-state index in [9.17, 15) is 18.4 Å². The Morgan fingerprint density at radius 3 is 2.69 bits per heavy atom. The second-order valence-corrected chi connectivity index (χ2v) is 8.07. The lowest BCUT2D eigenvalue weighted by molar-refractivity contribution is -0.146. The van der Waals surface area contributed by atoms with Crippen molar-refractivity contribution >= 4 is 11.8 Å². The van der Waals surface area contributed by atoms with Crippen LogP contribution in [0.1, 0.15) is 44.1 Å². The van der Waals surface area contributed by atoms with Crippen LogP contribution in [-0.2, 0) is 16.1 Å². The van der Waals surface area contributed by atoms with Crippen molar-refractivity contribution in [2.75, 3.05) is 19.6 Å². The van der Waals surface area contributed by atoms with Gasteiger partial charge in [0, 0.05) is 32.6 Å². The van der Waals surface area contributed by atoms with Gasteiger partial charge in [0.1, 0.15) is 0 Å². The summed E-state index contributed by atoms with van der Waals surface area (Å²) in [6.07, 6.45) is 5.28. The first kappa shape index (κ1) is 17.4. The third kappa shape index (κ3) is 3.33. The number of rotatable bonds is 4. The summed E-state index contributed by atoms with van der Waals surface area (Å²) < 4.78 is 26.6. The summed E-state index contributed by atoms with van der Waals surface area (Å²) in [5.41, 5.74) is 0.102. The summed E-state index contributed by atoms with van der Waals surface area (Å²) in [6.45, 7) is 2.06. The number of halogens is 2. The first-order valence-corrected chi connectivity index (χ1v) is 9.48. The minimum atomic E-state index is -0.889. The van der Waals surface area contributed by atoms with Crippen LogP contribution < -0.4 is 0 Å². The Balaban J connectivity index is 1.44. The number of hydrogen-bond acceptors (Lipinski definition) is 2. The second-order valence-electron chi connectivity index (χ2n) is 8.07. The summed E-state index contributed by atoms with van der Waals surface area (Å²) in [4.78, 5) is 29.1. The number of carbonyl (C=O) groups excluding carboxylic acids is 2. The van der Waals surface area contributed by atoms with Crippen LogP contribution in [-0.4, -0.2) is 41.2 Å². The SMILES string of the molecule is O=C(CC1CC1)N1CCC2(CCCN(Cc3ccc(F)c(F)c3)C2=O)C1. The van der Waals surface area contributed by atoms with Crippen LogP contribution in [0, 0.1) is 23.0 Å². The van der Waals surface area contributed by atoms with E-state index in [1.165, 1.54) is 6.07 Å². The van der Waals surface area contributed by atoms with E-state index in [-0.39, 0.29) is 18.4 Å². The minimum Gasteiger partial charge on any atom is -0.342 e. The highest BCUT2D eigenvalue weighted by Crippen LogP contribution is 2.41. The Labute approximate surface area is 152 Å². The molecule has 2 saturated heterocycles. The van der Waals surface area contributed by atoms with Crippen molar-refractivity contribution in [1.29, 1.82) is 0 Å². The van der Waals surface area contributed by atoms with Gasteiger partial charge >= 0.3 is 0 Å². The largest absolute Gasteiger partial charge is 0.342 e. The van der Waals surface area contributed by atoms with Crippen LogP contribution in [0.3, 0.4) is 0 Å². The Morgan fingerprint density at radius 1 is 1.15 bits per heavy atom. The molecule has 0 aromatic heterocycles. The minimum absolute atomic E-state index is 0.0511. The highest BCUT2D eigenvalue weighted by Gasteiger charge is 2.49. The molecule has 1 spiro atoms. The van der Waals surface area contributed by atoms with Gasteiger partial charge in [0.15, 0.2) is 11.6 Å². The molecule has 140 valence electrons. The van der Waals surface area contributed by atoms with Gasteiger partial charge in [-0.25, -0.2) is 8.78 Å². The van der Waals surface area contributed by atoms with Gasteiger partial charge in [0.05, 0.1) is 5.41 Å². The van der Waals surface area contributed by atoms with E-state index < -0.39 is 17.0 Å². The first-order chi connectivity index (χ1) is 12.5. The average Bonchev–Trinajstić information content (AvgIpc) is 3.32. The van der Waals surface area contributed by atoms with Crippen molar-refractivity contribution in [2.45, 2.75) is 45.1 Å². The van der Waals surface area contributed by atoms with Crippen LogP contribution in [0.2, 0.25) is 0 Å². The molecule has 4 nitrogen and oxygen atoms in total. The van der Waals surface area contributed by atoms with Crippen molar-refractivity contribution in [3.05, 3.63) is 35.4 Å². The molecule has 3 fully saturated rings. The van der Waals surface area contributed by atoms with Gasteiger partial charge in [-0.3, -0.25) is 9.59 Å². The number of hydrogen-bond donors (Lipinski definition) is 0. The van der Waals surface area contributed by atoms with Gasteiger partial charge in [-0.15, -0.1) is 0 Å². The maximum Gasteiger partial charge on any atom is 0.230 e. The van der Waals surface area contributed by atoms with Crippen molar-refractivity contribution in [1.82, 2.24) is 9.80 Å². The molecule has 0 bridgehead atoms. The van der Waals surface area contributed by atoms with Crippen LogP contribution >= 0.6 is 0 Å². The molecule has 3 aliphatic rings. The standard InChI is InChI=1S/C20H24F2N2O2/c21-16-5-4-15(10-17(16)22)12-23-8-1-6-20(19(23)26)7-9-24(13-20)18(25)11-14-2-3-14/h4-5,10,14H,1-3,6-9,11-13H2. The van der Waals surface area contributed by atoms with E-state index in [1.807, 2.05) is 4.90 Å². The number of amides is 2. The molecule has 1 aliphatic carbocycles. The Hall–Kier alpha value is -1.98. The first-order valence-electron chi connectivity index (χ1n) is 9.48. The fourth-order valence-electron chi connectivity index (χ4n) is 4.32. The lowest BCUT2D eigenvalue weighted by Crippen LogP contribution is -2.50. The topological polar surface area (TPSA) is 40.6 Å². The summed E-state index contributed by atoms with van der Waals surface area (Å²) in [6, 6.07) is 3.78. The molecule has 1 aromatic carbocycles. The number of likely N-dealkylation sites (tertiary alicyclic amines) is 2. The Bertz CT molecular complexity index is 735. The van der Waals surface area contributed by atoms with E-state index in [0.29, 0.717) is 44.0 Å². The summed E-state index contributed by atoms with van der Waals surface area (Å²) in [5, 5.41) is 0. The molecule has 2 amide bonds. The van der Waals surface area contributed by atoms with Crippen LogP contribution in [0.25, 0.3) is 0 Å². The van der Waals surface area contributed by atoms with E-state index in [2.05, 4.69) is 0 Å². The molecule has 4 rings (SSSR count). The van der Waals surface area contributed by atoms with Crippen molar-refractivity contribution in [3.63, 3.8) is 0 Å². The molecule has 2 aliphatic heterocycles. The lowest BCUT2D eigenvalue weighted by Gasteiger charge is -2.39. The smallest absolute Gasteiger partial charge is 0.230 e. The third-order valence-electron chi connectivity index (χ3n) is 6.05. The molecule has 0 N–H and O–H groups in total. The van der Waals surface area contributed by atoms with Gasteiger partial charge < -0.3 is 9.80 Å². The Kier molecular flexibility index (Phi) is 4.45. The third-order valence-corrected chi connectivity index (χ3v) is 6.05. The number of nitrogens with zero attached hydrogens (tertiary/aromatic N) is 2. The lowest BCUT2D eigenvalue weighted by atomic mass is 9.78. The van der Waals surface area contributed by atoms with Gasteiger partial charge in [-0.05, 0) is 55.7 Å². The van der Waals surface area contributed by atoms with Crippen LogP contribution in [0.15, 0.2) is 18.2 Å². The zero-order valence-electron chi connectivity index (χ0n) is 14.8. The van der Waals surface area contributed by atoms with Crippen molar-refractivity contribution < 1.29 is 18.4 Å². The molecule has 1 saturated carbocycles. The van der Waals surface area contributed by atoms with Gasteiger partial charge in [-0.2, -0.15) is 0 Å². The predicted octanol–water partition coefficient (Wildman–Crippen LogP) is 3.11. The van der Waals surface area contributed by atoms with E-state index in [0.717, 1.165) is 37.8 Å². The molecule has 6 heteroatoms. The van der Waals surface area contributed by atoms with Gasteiger partial charge in [-0.1, -0.05) is 6.07 Å². The zero-order valence-corrected chi connectivity index (χ0v) is 14.8. The highest BCUT2D eigenvalue weighted by atomic mass is 19.2. The van der Waals surface area contributed by atoms with Gasteiger partial charge in [0.25, 0.3) is 0 Å². The molecular weight excluding hydrogens is 338 g/mol. The molecule has 1 atom stereocenters. The molecule has 2 heterocycles. The second kappa shape index (κ2) is 6.63. The number of carbonyl (C=O) groups is 2. The molecule has 0 radical (unpaired) electrons. The highest BCUT2D eigenvalue weighted by molar-refractivity contribution is 5.86. The van der Waals surface area contributed by atoms with Crippen LogP contribution in [0.5, 0.6) is 0 Å². The van der Waals surface area contributed by atoms with E-state index in [4.69, 9.17) is 0 Å². The molecule has 26 heavy (non-hydrogen) atoms. The van der Waals surface area contributed by atoms with E-state index in [1.54, 1.807) is 4.90 Å². The average molecular weight is 362 g/mol. The quantitative estimate of drug-likeness (QED) is 0.826. The Morgan fingerprint density at radius 2 is 1.96 bits per heavy atom. The maximum atomic E-state index is 13.5. The van der Waals surface area contributed by atoms with Crippen molar-refractivity contribution in [3.8, 4) is 0 Å².